The van der Waals surface area contributed by atoms with Gasteiger partial charge in [-0.25, -0.2) is 13.2 Å². The number of benzene rings is 21. The van der Waals surface area contributed by atoms with Gasteiger partial charge in [0.2, 0.25) is 0 Å². The first-order valence-electron chi connectivity index (χ1n) is 41.8. The molecule has 0 radical (unpaired) electrons. The molecule has 0 unspecified atom stereocenters. The van der Waals surface area contributed by atoms with E-state index in [4.69, 9.17) is 0 Å². The van der Waals surface area contributed by atoms with Crippen LogP contribution in [0.25, 0.3) is 214 Å². The number of halogens is 6. The summed E-state index contributed by atoms with van der Waals surface area (Å²) in [6, 6.07) is 141. The zero-order chi connectivity index (χ0) is 84.8. The summed E-state index contributed by atoms with van der Waals surface area (Å²) in [5.41, 5.74) is 19.2. The average Bonchev–Trinajstić information content (AvgIpc) is 1.20. The maximum absolute atomic E-state index is 15.2. The van der Waals surface area contributed by atoms with E-state index in [9.17, 15) is 22.8 Å². The van der Waals surface area contributed by atoms with Gasteiger partial charge in [0.15, 0.2) is 0 Å². The van der Waals surface area contributed by atoms with Crippen molar-refractivity contribution < 1.29 is 26.3 Å². The van der Waals surface area contributed by atoms with Crippen molar-refractivity contribution >= 4 is 130 Å². The van der Waals surface area contributed by atoms with Gasteiger partial charge in [-0.05, 0) is 224 Å². The quantitative estimate of drug-likeness (QED) is 0.105. The molecular formula is C116H70F6N4. The fourth-order valence-electron chi connectivity index (χ4n) is 19.6. The highest BCUT2D eigenvalue weighted by molar-refractivity contribution is 6.25. The Balaban J connectivity index is 0.000000112. The molecule has 24 aromatic rings. The smallest absolute Gasteiger partial charge is 0.309 e. The Morgan fingerprint density at radius 2 is 0.444 bits per heavy atom. The highest BCUT2D eigenvalue weighted by Gasteiger charge is 2.35. The first-order chi connectivity index (χ1) is 61.9. The summed E-state index contributed by atoms with van der Waals surface area (Å²) < 4.78 is 94.5. The number of fused-ring (bicyclic) bond motifs is 15. The third kappa shape index (κ3) is 12.6. The van der Waals surface area contributed by atoms with Crippen molar-refractivity contribution in [3.8, 4) is 89.9 Å². The summed E-state index contributed by atoms with van der Waals surface area (Å²) in [6.07, 6.45) is -4.47. The van der Waals surface area contributed by atoms with E-state index >= 15 is 8.78 Å². The lowest BCUT2D eigenvalue weighted by atomic mass is 9.84. The van der Waals surface area contributed by atoms with Crippen molar-refractivity contribution in [3.63, 3.8) is 0 Å². The normalized spacial score (nSPS) is 11.7. The van der Waals surface area contributed by atoms with Gasteiger partial charge in [0.25, 0.3) is 0 Å². The van der Waals surface area contributed by atoms with Crippen molar-refractivity contribution in [2.24, 2.45) is 0 Å². The summed E-state index contributed by atoms with van der Waals surface area (Å²) in [7, 11) is 0. The zero-order valence-corrected chi connectivity index (χ0v) is 67.5. The first kappa shape index (κ1) is 75.8. The Bertz CT molecular complexity index is 8210. The maximum Gasteiger partial charge on any atom is 0.417 e. The molecule has 596 valence electrons. The van der Waals surface area contributed by atoms with E-state index in [-0.39, 0.29) is 16.9 Å². The maximum atomic E-state index is 15.2. The second-order valence-corrected chi connectivity index (χ2v) is 31.7. The van der Waals surface area contributed by atoms with Gasteiger partial charge in [0.1, 0.15) is 17.5 Å². The lowest BCUT2D eigenvalue weighted by molar-refractivity contribution is -0.137. The predicted octanol–water partition coefficient (Wildman–Crippen LogP) is 32.6. The molecule has 3 heterocycles. The molecule has 24 rings (SSSR count). The molecule has 10 heteroatoms. The number of hydrogen-bond donors (Lipinski definition) is 0. The Morgan fingerprint density at radius 1 is 0.206 bits per heavy atom. The van der Waals surface area contributed by atoms with E-state index in [1.807, 2.05) is 121 Å². The second-order valence-electron chi connectivity index (χ2n) is 31.7. The van der Waals surface area contributed by atoms with Gasteiger partial charge in [-0.1, -0.05) is 315 Å². The summed E-state index contributed by atoms with van der Waals surface area (Å²) in [5, 5.41) is 28.3. The molecule has 0 fully saturated rings. The molecular weight excluding hydrogens is 1560 g/mol. The van der Waals surface area contributed by atoms with Gasteiger partial charge in [-0.2, -0.15) is 18.4 Å². The van der Waals surface area contributed by atoms with Crippen LogP contribution in [0.3, 0.4) is 0 Å². The number of nitrogens with zero attached hydrogens (tertiary/aromatic N) is 4. The topological polar surface area (TPSA) is 38.6 Å². The summed E-state index contributed by atoms with van der Waals surface area (Å²) in [4.78, 5) is 0. The van der Waals surface area contributed by atoms with Crippen LogP contribution in [0.15, 0.2) is 425 Å². The van der Waals surface area contributed by atoms with Crippen LogP contribution in [0.4, 0.5) is 26.3 Å². The van der Waals surface area contributed by atoms with E-state index in [1.54, 1.807) is 18.2 Å². The van der Waals surface area contributed by atoms with E-state index in [1.165, 1.54) is 85.8 Å². The Hall–Kier alpha value is -16.4. The van der Waals surface area contributed by atoms with Gasteiger partial charge in [-0.3, -0.25) is 0 Å². The van der Waals surface area contributed by atoms with Crippen LogP contribution in [0, 0.1) is 28.8 Å². The van der Waals surface area contributed by atoms with Crippen LogP contribution in [-0.2, 0) is 6.18 Å². The molecule has 0 aliphatic carbocycles. The van der Waals surface area contributed by atoms with Gasteiger partial charge in [0.05, 0.1) is 55.9 Å². The van der Waals surface area contributed by atoms with E-state index < -0.39 is 23.4 Å². The van der Waals surface area contributed by atoms with E-state index in [2.05, 4.69) is 262 Å². The van der Waals surface area contributed by atoms with Crippen LogP contribution < -0.4 is 0 Å². The molecule has 0 atom stereocenters. The molecule has 0 N–H and O–H groups in total. The molecule has 0 bridgehead atoms. The molecule has 0 aliphatic heterocycles. The highest BCUT2D eigenvalue weighted by Crippen LogP contribution is 2.51. The van der Waals surface area contributed by atoms with Crippen LogP contribution in [0.5, 0.6) is 0 Å². The molecule has 0 saturated heterocycles. The highest BCUT2D eigenvalue weighted by atomic mass is 19.4. The number of alkyl halides is 3. The molecule has 21 aromatic carbocycles. The Morgan fingerprint density at radius 3 is 0.722 bits per heavy atom. The molecule has 4 nitrogen and oxygen atoms in total. The molecule has 0 amide bonds. The minimum Gasteiger partial charge on any atom is -0.309 e. The third-order valence-electron chi connectivity index (χ3n) is 24.9. The van der Waals surface area contributed by atoms with Crippen molar-refractivity contribution in [1.82, 2.24) is 13.7 Å². The molecule has 0 saturated carbocycles. The Kier molecular flexibility index (Phi) is 18.6. The number of nitriles is 1. The minimum absolute atomic E-state index is 0.00756. The predicted molar refractivity (Wildman–Crippen MR) is 510 cm³/mol. The van der Waals surface area contributed by atoms with Crippen molar-refractivity contribution in [3.05, 3.63) is 453 Å². The van der Waals surface area contributed by atoms with Crippen molar-refractivity contribution in [1.29, 1.82) is 5.26 Å². The van der Waals surface area contributed by atoms with Gasteiger partial charge in [-0.15, -0.1) is 0 Å². The molecule has 0 aliphatic rings. The van der Waals surface area contributed by atoms with Gasteiger partial charge in [0, 0.05) is 60.5 Å². The average molecular weight is 1630 g/mol. The molecule has 3 aromatic heterocycles. The van der Waals surface area contributed by atoms with E-state index in [0.29, 0.717) is 22.3 Å². The van der Waals surface area contributed by atoms with Crippen molar-refractivity contribution in [2.45, 2.75) is 6.18 Å². The number of para-hydroxylation sites is 6. The Labute approximate surface area is 720 Å². The van der Waals surface area contributed by atoms with Crippen LogP contribution in [0.2, 0.25) is 0 Å². The summed E-state index contributed by atoms with van der Waals surface area (Å²) in [5.74, 6) is -1.49. The third-order valence-corrected chi connectivity index (χ3v) is 24.9. The summed E-state index contributed by atoms with van der Waals surface area (Å²) in [6.45, 7) is 0. The minimum atomic E-state index is -4.47. The first-order valence-corrected chi connectivity index (χ1v) is 41.8. The monoisotopic (exact) mass is 1630 g/mol. The fourth-order valence-corrected chi connectivity index (χ4v) is 19.6. The lowest BCUT2D eigenvalue weighted by Crippen LogP contribution is -2.07. The number of hydrogen-bond acceptors (Lipinski definition) is 1. The van der Waals surface area contributed by atoms with E-state index in [0.717, 1.165) is 143 Å². The SMILES string of the molecule is FC(F)(F)c1ccccc1-c1c2ccccc2c(-c2ccc(-n3c4ccccc4c4ccccc43)cc2)c2ccccc12.Fc1cccc(F)c1-c1c2ccccc2c(-c2ccc(-n3c4ccccc4c4ccccc43)cc2)c2ccccc12.N#Cc1ccc(F)cc1-c1c2ccccc2c(-c2ccc(-n3c4ccccc4c4ccccc43)cc2)c2ccccc12. The van der Waals surface area contributed by atoms with Crippen LogP contribution >= 0.6 is 0 Å². The molecule has 126 heavy (non-hydrogen) atoms. The number of aromatic nitrogens is 3. The fraction of sp³-hybridized carbons (Fsp3) is 0.00862. The molecule has 0 spiro atoms. The number of rotatable bonds is 9. The largest absolute Gasteiger partial charge is 0.417 e. The second kappa shape index (κ2) is 31.0. The zero-order valence-electron chi connectivity index (χ0n) is 67.5. The van der Waals surface area contributed by atoms with Crippen molar-refractivity contribution in [2.75, 3.05) is 0 Å². The van der Waals surface area contributed by atoms with Gasteiger partial charge >= 0.3 is 6.18 Å². The lowest BCUT2D eigenvalue weighted by Gasteiger charge is -2.20. The van der Waals surface area contributed by atoms with Crippen LogP contribution in [0.1, 0.15) is 11.1 Å². The van der Waals surface area contributed by atoms with Crippen LogP contribution in [-0.4, -0.2) is 13.7 Å². The standard InChI is InChI=1S/C39H24F3N.C39H23FN2.C38H23F2N/c40-39(41,42)34-18-8-5-17-33(34)38-31-15-3-1-13-29(31)37(30-14-2-4-16-32(30)38)25-21-23-26(24-22-25)43-35-19-9-6-11-27(35)28-12-7-10-20-36(28)43;40-27-20-17-26(24-41)35(23-27)39-33-13-3-1-11-31(33)38(32-12-2-4-14-34(32)39)25-18-21-28(22-19-25)42-36-15-7-5-9-29(36)30-10-6-8-16-37(30)42;39-32-16-9-17-33(40)38(32)37-30-14-3-1-12-28(30)36(29-13-2-4-15-31(29)37)24-20-22-25(23-21-24)41-34-18-7-5-10-26(34)27-11-6-8-19-35(27)41/h1-24H;1-23H;1-23H. The summed E-state index contributed by atoms with van der Waals surface area (Å²) >= 11 is 0. The van der Waals surface area contributed by atoms with Gasteiger partial charge < -0.3 is 13.7 Å².